The van der Waals surface area contributed by atoms with Crippen LogP contribution in [-0.4, -0.2) is 17.1 Å². The van der Waals surface area contributed by atoms with Crippen LogP contribution < -0.4 is 10.6 Å². The first-order chi connectivity index (χ1) is 13.6. The van der Waals surface area contributed by atoms with Crippen molar-refractivity contribution < 1.29 is 4.39 Å². The minimum Gasteiger partial charge on any atom is -0.382 e. The molecule has 0 saturated heterocycles. The van der Waals surface area contributed by atoms with E-state index >= 15 is 0 Å². The lowest BCUT2D eigenvalue weighted by Crippen LogP contribution is -2.36. The smallest absolute Gasteiger partial charge is 0.142 e. The van der Waals surface area contributed by atoms with E-state index in [1.54, 1.807) is 6.07 Å². The molecule has 2 aromatic carbocycles. The highest BCUT2D eigenvalue weighted by Gasteiger charge is 2.21. The molecule has 0 unspecified atom stereocenters. The van der Waals surface area contributed by atoms with E-state index in [1.165, 1.54) is 6.07 Å². The summed E-state index contributed by atoms with van der Waals surface area (Å²) >= 11 is 11.8. The van der Waals surface area contributed by atoms with E-state index in [9.17, 15) is 4.39 Å². The molecule has 0 amide bonds. The van der Waals surface area contributed by atoms with Gasteiger partial charge in [0.2, 0.25) is 0 Å². The second-order valence-corrected chi connectivity index (χ2v) is 8.19. The predicted molar refractivity (Wildman–Crippen MR) is 115 cm³/mol. The molecule has 28 heavy (non-hydrogen) atoms. The van der Waals surface area contributed by atoms with E-state index in [-0.39, 0.29) is 10.8 Å². The maximum absolute atomic E-state index is 13.6. The first-order valence-electron chi connectivity index (χ1n) is 9.56. The number of fused-ring (bicyclic) bond motifs is 1. The van der Waals surface area contributed by atoms with Crippen LogP contribution in [0.15, 0.2) is 48.7 Å². The molecule has 1 aromatic heterocycles. The third kappa shape index (κ3) is 4.57. The van der Waals surface area contributed by atoms with Gasteiger partial charge in [0.15, 0.2) is 0 Å². The molecule has 1 aliphatic rings. The van der Waals surface area contributed by atoms with Gasteiger partial charge in [-0.15, -0.1) is 0 Å². The van der Waals surface area contributed by atoms with Crippen molar-refractivity contribution in [2.45, 2.75) is 44.3 Å². The van der Waals surface area contributed by atoms with Crippen molar-refractivity contribution in [3.8, 4) is 0 Å². The molecule has 0 aliphatic heterocycles. The number of nitrogens with zero attached hydrogens (tertiary/aromatic N) is 1. The second kappa shape index (κ2) is 8.64. The van der Waals surface area contributed by atoms with Crippen molar-refractivity contribution in [1.29, 1.82) is 0 Å². The first-order valence-corrected chi connectivity index (χ1v) is 10.3. The molecule has 3 aromatic rings. The third-order valence-corrected chi connectivity index (χ3v) is 5.91. The fourth-order valence-electron chi connectivity index (χ4n) is 3.82. The van der Waals surface area contributed by atoms with E-state index in [0.29, 0.717) is 23.7 Å². The number of pyridine rings is 1. The van der Waals surface area contributed by atoms with Gasteiger partial charge in [-0.25, -0.2) is 4.39 Å². The Hall–Kier alpha value is -1.88. The highest BCUT2D eigenvalue weighted by Crippen LogP contribution is 2.28. The van der Waals surface area contributed by atoms with E-state index in [2.05, 4.69) is 15.6 Å². The van der Waals surface area contributed by atoms with Gasteiger partial charge in [0, 0.05) is 40.9 Å². The fraction of sp³-hybridized carbons (Fsp3) is 0.318. The summed E-state index contributed by atoms with van der Waals surface area (Å²) in [7, 11) is 0. The van der Waals surface area contributed by atoms with Crippen LogP contribution in [0, 0.1) is 5.82 Å². The summed E-state index contributed by atoms with van der Waals surface area (Å²) in [6.45, 7) is 0.659. The van der Waals surface area contributed by atoms with Crippen LogP contribution in [0.2, 0.25) is 10.0 Å². The predicted octanol–water partition coefficient (Wildman–Crippen LogP) is 6.19. The number of benzene rings is 2. The Kier molecular flexibility index (Phi) is 6.00. The van der Waals surface area contributed by atoms with Crippen LogP contribution in [-0.2, 0) is 6.54 Å². The minimum atomic E-state index is -0.361. The molecule has 146 valence electrons. The molecule has 1 fully saturated rings. The molecular formula is C22H22Cl2FN3. The summed E-state index contributed by atoms with van der Waals surface area (Å²) in [5.41, 5.74) is 2.93. The van der Waals surface area contributed by atoms with Crippen molar-refractivity contribution in [3.05, 3.63) is 70.1 Å². The number of nitrogens with one attached hydrogen (secondary N) is 2. The minimum absolute atomic E-state index is 0.168. The van der Waals surface area contributed by atoms with Gasteiger partial charge in [-0.2, -0.15) is 0 Å². The van der Waals surface area contributed by atoms with Gasteiger partial charge in [-0.05, 0) is 67.6 Å². The van der Waals surface area contributed by atoms with E-state index in [1.807, 2.05) is 36.5 Å². The molecule has 1 aliphatic carbocycles. The lowest BCUT2D eigenvalue weighted by atomic mass is 9.90. The van der Waals surface area contributed by atoms with Crippen LogP contribution in [0.25, 0.3) is 10.9 Å². The third-order valence-electron chi connectivity index (χ3n) is 5.37. The van der Waals surface area contributed by atoms with Crippen LogP contribution in [0.1, 0.15) is 31.2 Å². The van der Waals surface area contributed by atoms with Gasteiger partial charge < -0.3 is 10.6 Å². The Balaban J connectivity index is 1.31. The molecule has 1 heterocycles. The van der Waals surface area contributed by atoms with E-state index in [4.69, 9.17) is 23.2 Å². The fourth-order valence-corrected chi connectivity index (χ4v) is 4.10. The van der Waals surface area contributed by atoms with Crippen molar-refractivity contribution in [2.24, 2.45) is 0 Å². The van der Waals surface area contributed by atoms with Gasteiger partial charge in [0.1, 0.15) is 5.82 Å². The number of hydrogen-bond acceptors (Lipinski definition) is 3. The van der Waals surface area contributed by atoms with Crippen molar-refractivity contribution in [1.82, 2.24) is 10.3 Å². The summed E-state index contributed by atoms with van der Waals surface area (Å²) in [5.74, 6) is -0.361. The molecule has 0 radical (unpaired) electrons. The van der Waals surface area contributed by atoms with E-state index < -0.39 is 0 Å². The second-order valence-electron chi connectivity index (χ2n) is 7.34. The first kappa shape index (κ1) is 19.4. The van der Waals surface area contributed by atoms with Crippen molar-refractivity contribution in [2.75, 3.05) is 5.32 Å². The average Bonchev–Trinajstić information content (AvgIpc) is 2.70. The number of halogens is 3. The lowest BCUT2D eigenvalue weighted by molar-refractivity contribution is 0.353. The zero-order valence-electron chi connectivity index (χ0n) is 15.4. The molecule has 2 N–H and O–H groups in total. The van der Waals surface area contributed by atoms with Gasteiger partial charge in [-0.3, -0.25) is 4.98 Å². The Morgan fingerprint density at radius 2 is 1.75 bits per heavy atom. The monoisotopic (exact) mass is 417 g/mol. The van der Waals surface area contributed by atoms with Crippen molar-refractivity contribution in [3.63, 3.8) is 0 Å². The summed E-state index contributed by atoms with van der Waals surface area (Å²) in [5, 5.41) is 9.18. The summed E-state index contributed by atoms with van der Waals surface area (Å²) in [6, 6.07) is 13.7. The number of anilines is 1. The van der Waals surface area contributed by atoms with Crippen LogP contribution in [0.3, 0.4) is 0 Å². The molecule has 0 atom stereocenters. The Labute approximate surface area is 174 Å². The van der Waals surface area contributed by atoms with Crippen LogP contribution in [0.4, 0.5) is 10.1 Å². The molecule has 6 heteroatoms. The average molecular weight is 418 g/mol. The SMILES string of the molecule is Fc1cc(CNC2CCC(Nc3ccnc4cc(Cl)ccc34)CC2)ccc1Cl. The Morgan fingerprint density at radius 1 is 0.964 bits per heavy atom. The summed E-state index contributed by atoms with van der Waals surface area (Å²) in [6.07, 6.45) is 6.17. The zero-order chi connectivity index (χ0) is 19.5. The molecule has 0 spiro atoms. The molecule has 4 rings (SSSR count). The quantitative estimate of drug-likeness (QED) is 0.519. The maximum Gasteiger partial charge on any atom is 0.142 e. The molecule has 3 nitrogen and oxygen atoms in total. The Morgan fingerprint density at radius 3 is 2.54 bits per heavy atom. The number of rotatable bonds is 5. The number of aromatic nitrogens is 1. The highest BCUT2D eigenvalue weighted by molar-refractivity contribution is 6.31. The van der Waals surface area contributed by atoms with Crippen LogP contribution >= 0.6 is 23.2 Å². The molecule has 1 saturated carbocycles. The van der Waals surface area contributed by atoms with Crippen LogP contribution in [0.5, 0.6) is 0 Å². The number of hydrogen-bond donors (Lipinski definition) is 2. The maximum atomic E-state index is 13.6. The van der Waals surface area contributed by atoms with Gasteiger partial charge in [0.05, 0.1) is 10.5 Å². The van der Waals surface area contributed by atoms with Gasteiger partial charge in [0.25, 0.3) is 0 Å². The lowest BCUT2D eigenvalue weighted by Gasteiger charge is -2.30. The van der Waals surface area contributed by atoms with Gasteiger partial charge >= 0.3 is 0 Å². The summed E-state index contributed by atoms with van der Waals surface area (Å²) in [4.78, 5) is 4.40. The van der Waals surface area contributed by atoms with Crippen molar-refractivity contribution >= 4 is 39.8 Å². The Bertz CT molecular complexity index is 971. The largest absolute Gasteiger partial charge is 0.382 e. The normalized spacial score (nSPS) is 19.7. The van der Waals surface area contributed by atoms with Gasteiger partial charge in [-0.1, -0.05) is 29.3 Å². The topological polar surface area (TPSA) is 37.0 Å². The molecule has 0 bridgehead atoms. The van der Waals surface area contributed by atoms with E-state index in [0.717, 1.165) is 47.8 Å². The zero-order valence-corrected chi connectivity index (χ0v) is 16.9. The standard InChI is InChI=1S/C22H22Cl2FN3/c23-15-2-7-18-21(9-10-26-22(18)12-15)28-17-5-3-16(4-6-17)27-13-14-1-8-19(24)20(25)11-14/h1-2,7-12,16-17,27H,3-6,13H2,(H,26,28). The highest BCUT2D eigenvalue weighted by atomic mass is 35.5. The molecular weight excluding hydrogens is 396 g/mol. The summed E-state index contributed by atoms with van der Waals surface area (Å²) < 4.78 is 13.6.